The van der Waals surface area contributed by atoms with Crippen LogP contribution in [0, 0.1) is 11.6 Å². The van der Waals surface area contributed by atoms with Crippen LogP contribution in [0.5, 0.6) is 5.75 Å². The van der Waals surface area contributed by atoms with E-state index in [4.69, 9.17) is 9.57 Å². The lowest BCUT2D eigenvalue weighted by atomic mass is 10.0. The predicted molar refractivity (Wildman–Crippen MR) is 96.6 cm³/mol. The van der Waals surface area contributed by atoms with Gasteiger partial charge in [0, 0.05) is 12.0 Å². The zero-order valence-electron chi connectivity index (χ0n) is 15.0. The SMILES string of the molecule is CCOc1cccc(C(C)NC(=O)C2CC(c3cc(F)ccc3F)=NO2)c1. The molecule has 0 spiro atoms. The van der Waals surface area contributed by atoms with Gasteiger partial charge in [-0.05, 0) is 49.7 Å². The average Bonchev–Trinajstić information content (AvgIpc) is 3.14. The first kappa shape index (κ1) is 18.8. The number of hydrogen-bond acceptors (Lipinski definition) is 4. The number of nitrogens with zero attached hydrogens (tertiary/aromatic N) is 1. The van der Waals surface area contributed by atoms with Gasteiger partial charge in [-0.2, -0.15) is 0 Å². The summed E-state index contributed by atoms with van der Waals surface area (Å²) in [6.45, 7) is 4.29. The summed E-state index contributed by atoms with van der Waals surface area (Å²) in [5.74, 6) is -0.842. The van der Waals surface area contributed by atoms with E-state index in [-0.39, 0.29) is 29.6 Å². The summed E-state index contributed by atoms with van der Waals surface area (Å²) in [6.07, 6.45) is -0.821. The molecule has 27 heavy (non-hydrogen) atoms. The van der Waals surface area contributed by atoms with Crippen LogP contribution in [0.1, 0.15) is 37.4 Å². The molecule has 1 heterocycles. The first-order chi connectivity index (χ1) is 13.0. The number of rotatable bonds is 6. The van der Waals surface area contributed by atoms with E-state index < -0.39 is 17.7 Å². The van der Waals surface area contributed by atoms with Crippen LogP contribution in [-0.4, -0.2) is 24.3 Å². The maximum atomic E-state index is 13.9. The average molecular weight is 374 g/mol. The first-order valence-electron chi connectivity index (χ1n) is 8.69. The zero-order valence-corrected chi connectivity index (χ0v) is 15.0. The van der Waals surface area contributed by atoms with E-state index in [2.05, 4.69) is 10.5 Å². The van der Waals surface area contributed by atoms with Gasteiger partial charge in [-0.25, -0.2) is 8.78 Å². The number of carbonyl (C=O) groups excluding carboxylic acids is 1. The van der Waals surface area contributed by atoms with Crippen LogP contribution in [0.15, 0.2) is 47.6 Å². The van der Waals surface area contributed by atoms with Gasteiger partial charge in [0.1, 0.15) is 17.4 Å². The lowest BCUT2D eigenvalue weighted by molar-refractivity contribution is -0.131. The topological polar surface area (TPSA) is 59.9 Å². The minimum Gasteiger partial charge on any atom is -0.494 e. The predicted octanol–water partition coefficient (Wildman–Crippen LogP) is 3.73. The van der Waals surface area contributed by atoms with E-state index in [0.717, 1.165) is 29.5 Å². The molecule has 2 aromatic rings. The van der Waals surface area contributed by atoms with E-state index in [0.29, 0.717) is 6.61 Å². The fraction of sp³-hybridized carbons (Fsp3) is 0.300. The molecule has 0 bridgehead atoms. The van der Waals surface area contributed by atoms with E-state index >= 15 is 0 Å². The largest absolute Gasteiger partial charge is 0.494 e. The molecule has 142 valence electrons. The summed E-state index contributed by atoms with van der Waals surface area (Å²) in [4.78, 5) is 17.6. The number of halogens is 2. The molecule has 0 radical (unpaired) electrons. The van der Waals surface area contributed by atoms with Crippen molar-refractivity contribution in [3.05, 3.63) is 65.2 Å². The summed E-state index contributed by atoms with van der Waals surface area (Å²) < 4.78 is 32.7. The molecule has 0 aliphatic carbocycles. The first-order valence-corrected chi connectivity index (χ1v) is 8.69. The zero-order chi connectivity index (χ0) is 19.4. The van der Waals surface area contributed by atoms with Gasteiger partial charge in [0.15, 0.2) is 0 Å². The van der Waals surface area contributed by atoms with Crippen LogP contribution in [0.4, 0.5) is 8.78 Å². The van der Waals surface area contributed by atoms with Gasteiger partial charge >= 0.3 is 0 Å². The molecule has 0 fully saturated rings. The monoisotopic (exact) mass is 374 g/mol. The van der Waals surface area contributed by atoms with Crippen LogP contribution >= 0.6 is 0 Å². The van der Waals surface area contributed by atoms with Crippen molar-refractivity contribution in [2.75, 3.05) is 6.61 Å². The van der Waals surface area contributed by atoms with Gasteiger partial charge < -0.3 is 14.9 Å². The Balaban J connectivity index is 1.63. The number of hydrogen-bond donors (Lipinski definition) is 1. The molecule has 1 N–H and O–H groups in total. The second kappa shape index (κ2) is 8.16. The van der Waals surface area contributed by atoms with Crippen LogP contribution < -0.4 is 10.1 Å². The highest BCUT2D eigenvalue weighted by atomic mass is 19.1. The summed E-state index contributed by atoms with van der Waals surface area (Å²) in [5.41, 5.74) is 1.09. The second-order valence-corrected chi connectivity index (χ2v) is 6.20. The lowest BCUT2D eigenvalue weighted by Gasteiger charge is -2.17. The van der Waals surface area contributed by atoms with Crippen molar-refractivity contribution in [3.8, 4) is 5.75 Å². The highest BCUT2D eigenvalue weighted by Gasteiger charge is 2.31. The molecule has 0 aromatic heterocycles. The molecule has 5 nitrogen and oxygen atoms in total. The minimum absolute atomic E-state index is 0.00256. The minimum atomic E-state index is -0.889. The molecule has 2 unspecified atom stereocenters. The van der Waals surface area contributed by atoms with Crippen molar-refractivity contribution in [2.45, 2.75) is 32.4 Å². The summed E-state index contributed by atoms with van der Waals surface area (Å²) in [5, 5.41) is 6.60. The molecule has 0 saturated heterocycles. The molecule has 2 aromatic carbocycles. The van der Waals surface area contributed by atoms with Crippen LogP contribution in [0.2, 0.25) is 0 Å². The highest BCUT2D eigenvalue weighted by molar-refractivity contribution is 6.04. The van der Waals surface area contributed by atoms with Gasteiger partial charge in [0.2, 0.25) is 6.10 Å². The van der Waals surface area contributed by atoms with Crippen LogP contribution in [0.25, 0.3) is 0 Å². The van der Waals surface area contributed by atoms with Crippen molar-refractivity contribution in [1.29, 1.82) is 0 Å². The Bertz CT molecular complexity index is 870. The van der Waals surface area contributed by atoms with E-state index in [1.165, 1.54) is 0 Å². The third kappa shape index (κ3) is 4.42. The molecule has 1 aliphatic heterocycles. The van der Waals surface area contributed by atoms with Gasteiger partial charge in [-0.3, -0.25) is 4.79 Å². The van der Waals surface area contributed by atoms with E-state index in [9.17, 15) is 13.6 Å². The van der Waals surface area contributed by atoms with Gasteiger partial charge in [0.25, 0.3) is 5.91 Å². The van der Waals surface area contributed by atoms with E-state index in [1.807, 2.05) is 38.1 Å². The molecule has 3 rings (SSSR count). The Morgan fingerprint density at radius 2 is 2.15 bits per heavy atom. The van der Waals surface area contributed by atoms with Crippen LogP contribution in [-0.2, 0) is 9.63 Å². The van der Waals surface area contributed by atoms with Gasteiger partial charge in [-0.15, -0.1) is 0 Å². The van der Waals surface area contributed by atoms with Crippen molar-refractivity contribution >= 4 is 11.6 Å². The molecule has 1 amide bonds. The van der Waals surface area contributed by atoms with Gasteiger partial charge in [0.05, 0.1) is 18.4 Å². The Kier molecular flexibility index (Phi) is 5.69. The standard InChI is InChI=1S/C20H20F2N2O3/c1-3-26-15-6-4-5-13(9-15)12(2)23-20(25)19-11-18(24-27-19)16-10-14(21)7-8-17(16)22/h4-10,12,19H,3,11H2,1-2H3,(H,23,25). The third-order valence-corrected chi connectivity index (χ3v) is 4.23. The summed E-state index contributed by atoms with van der Waals surface area (Å²) in [7, 11) is 0. The fourth-order valence-electron chi connectivity index (χ4n) is 2.83. The number of oxime groups is 1. The molecule has 7 heteroatoms. The maximum Gasteiger partial charge on any atom is 0.264 e. The van der Waals surface area contributed by atoms with Crippen molar-refractivity contribution in [3.63, 3.8) is 0 Å². The number of amides is 1. The van der Waals surface area contributed by atoms with Gasteiger partial charge in [-0.1, -0.05) is 17.3 Å². The Labute approximate surface area is 156 Å². The molecule has 0 saturated carbocycles. The molecule has 2 atom stereocenters. The third-order valence-electron chi connectivity index (χ3n) is 4.23. The quantitative estimate of drug-likeness (QED) is 0.838. The Hall–Kier alpha value is -2.96. The Morgan fingerprint density at radius 3 is 2.93 bits per heavy atom. The Morgan fingerprint density at radius 1 is 1.33 bits per heavy atom. The number of carbonyl (C=O) groups is 1. The summed E-state index contributed by atoms with van der Waals surface area (Å²) in [6, 6.07) is 10.2. The lowest BCUT2D eigenvalue weighted by Crippen LogP contribution is -2.36. The van der Waals surface area contributed by atoms with Crippen molar-refractivity contribution in [1.82, 2.24) is 5.32 Å². The summed E-state index contributed by atoms with van der Waals surface area (Å²) >= 11 is 0. The number of benzene rings is 2. The maximum absolute atomic E-state index is 13.9. The van der Waals surface area contributed by atoms with Crippen molar-refractivity contribution in [2.24, 2.45) is 5.16 Å². The van der Waals surface area contributed by atoms with E-state index in [1.54, 1.807) is 0 Å². The van der Waals surface area contributed by atoms with Crippen LogP contribution in [0.3, 0.4) is 0 Å². The smallest absolute Gasteiger partial charge is 0.264 e. The number of ether oxygens (including phenoxy) is 1. The van der Waals surface area contributed by atoms with Crippen molar-refractivity contribution < 1.29 is 23.1 Å². The fourth-order valence-corrected chi connectivity index (χ4v) is 2.83. The number of nitrogens with one attached hydrogen (secondary N) is 1. The second-order valence-electron chi connectivity index (χ2n) is 6.20. The normalized spacial score (nSPS) is 17.0. The molecule has 1 aliphatic rings. The molecular weight excluding hydrogens is 354 g/mol. The molecular formula is C20H20F2N2O3. The highest BCUT2D eigenvalue weighted by Crippen LogP contribution is 2.22.